The quantitative estimate of drug-likeness (QED) is 0.806. The van der Waals surface area contributed by atoms with E-state index in [1.807, 2.05) is 13.8 Å². The van der Waals surface area contributed by atoms with Gasteiger partial charge in [0.1, 0.15) is 12.1 Å². The lowest BCUT2D eigenvalue weighted by Gasteiger charge is -2.30. The van der Waals surface area contributed by atoms with Gasteiger partial charge in [-0.1, -0.05) is 26.0 Å². The van der Waals surface area contributed by atoms with Crippen molar-refractivity contribution in [2.45, 2.75) is 38.2 Å². The summed E-state index contributed by atoms with van der Waals surface area (Å²) in [5, 5.41) is 0. The van der Waals surface area contributed by atoms with Crippen LogP contribution in [0.2, 0.25) is 0 Å². The molecule has 0 saturated heterocycles. The minimum absolute atomic E-state index is 0.145. The second kappa shape index (κ2) is 8.07. The van der Waals surface area contributed by atoms with E-state index in [1.54, 1.807) is 0 Å². The standard InChI is InChI=1S/C18H23F3N2O3/c1-10(2)13-16(25-4)23-14(17(22-13)26-5)15(24-3)11-6-8-12(9-7-11)18(19,20)21/h6-10,13-15H,1-5H3/t13-,14+,15?/m1/s1. The highest BCUT2D eigenvalue weighted by Crippen LogP contribution is 2.33. The molecule has 2 rings (SSSR count). The van der Waals surface area contributed by atoms with E-state index in [9.17, 15) is 13.2 Å². The molecule has 8 heteroatoms. The molecule has 1 unspecified atom stereocenters. The molecule has 1 aromatic rings. The summed E-state index contributed by atoms with van der Waals surface area (Å²) in [7, 11) is 4.46. The van der Waals surface area contributed by atoms with E-state index < -0.39 is 23.9 Å². The zero-order chi connectivity index (χ0) is 19.5. The van der Waals surface area contributed by atoms with Crippen molar-refractivity contribution in [3.8, 4) is 0 Å². The zero-order valence-corrected chi connectivity index (χ0v) is 15.4. The number of aliphatic imine (C=N–C) groups is 2. The summed E-state index contributed by atoms with van der Waals surface area (Å²) in [6, 6.07) is 3.86. The highest BCUT2D eigenvalue weighted by Gasteiger charge is 2.37. The van der Waals surface area contributed by atoms with Gasteiger partial charge in [0, 0.05) is 7.11 Å². The van der Waals surface area contributed by atoms with Gasteiger partial charge in [0.15, 0.2) is 6.04 Å². The summed E-state index contributed by atoms with van der Waals surface area (Å²) in [5.74, 6) is 0.947. The van der Waals surface area contributed by atoms with Crippen LogP contribution in [0.5, 0.6) is 0 Å². The van der Waals surface area contributed by atoms with Crippen molar-refractivity contribution in [1.29, 1.82) is 0 Å². The molecule has 0 fully saturated rings. The second-order valence-electron chi connectivity index (χ2n) is 6.25. The van der Waals surface area contributed by atoms with E-state index >= 15 is 0 Å². The monoisotopic (exact) mass is 372 g/mol. The van der Waals surface area contributed by atoms with Gasteiger partial charge in [-0.3, -0.25) is 0 Å². The van der Waals surface area contributed by atoms with Crippen molar-refractivity contribution in [3.05, 3.63) is 35.4 Å². The number of halogens is 3. The Labute approximate surface area is 150 Å². The summed E-state index contributed by atoms with van der Waals surface area (Å²) in [6.45, 7) is 3.97. The summed E-state index contributed by atoms with van der Waals surface area (Å²) < 4.78 is 54.6. The number of hydrogen-bond donors (Lipinski definition) is 0. The van der Waals surface area contributed by atoms with E-state index in [-0.39, 0.29) is 12.0 Å². The van der Waals surface area contributed by atoms with Crippen molar-refractivity contribution >= 4 is 11.8 Å². The lowest BCUT2D eigenvalue weighted by Crippen LogP contribution is -2.40. The third kappa shape index (κ3) is 4.17. The summed E-state index contributed by atoms with van der Waals surface area (Å²) in [5.41, 5.74) is -0.182. The maximum absolute atomic E-state index is 12.8. The van der Waals surface area contributed by atoms with Crippen molar-refractivity contribution in [1.82, 2.24) is 0 Å². The highest BCUT2D eigenvalue weighted by molar-refractivity contribution is 5.94. The topological polar surface area (TPSA) is 52.4 Å². The number of methoxy groups -OCH3 is 3. The SMILES string of the molecule is COC1=N[C@H](C(C)C)C(OC)=N[C@H]1C(OC)c1ccc(C(F)(F)F)cc1. The van der Waals surface area contributed by atoms with Crippen LogP contribution in [0.3, 0.4) is 0 Å². The molecule has 0 bridgehead atoms. The van der Waals surface area contributed by atoms with E-state index in [2.05, 4.69) is 9.98 Å². The van der Waals surface area contributed by atoms with Gasteiger partial charge < -0.3 is 14.2 Å². The fourth-order valence-corrected chi connectivity index (χ4v) is 2.82. The molecule has 0 radical (unpaired) electrons. The number of alkyl halides is 3. The molecule has 1 aliphatic heterocycles. The minimum Gasteiger partial charge on any atom is -0.483 e. The second-order valence-corrected chi connectivity index (χ2v) is 6.25. The summed E-state index contributed by atoms with van der Waals surface area (Å²) >= 11 is 0. The van der Waals surface area contributed by atoms with Gasteiger partial charge in [-0.05, 0) is 23.6 Å². The smallest absolute Gasteiger partial charge is 0.416 e. The Morgan fingerprint density at radius 1 is 0.885 bits per heavy atom. The molecule has 0 aliphatic carbocycles. The number of rotatable bonds is 4. The van der Waals surface area contributed by atoms with E-state index in [0.29, 0.717) is 17.4 Å². The average Bonchev–Trinajstić information content (AvgIpc) is 2.61. The normalized spacial score (nSPS) is 21.9. The van der Waals surface area contributed by atoms with Crippen LogP contribution in [-0.2, 0) is 20.4 Å². The molecular formula is C18H23F3N2O3. The predicted octanol–water partition coefficient (Wildman–Crippen LogP) is 3.89. The molecule has 1 aromatic carbocycles. The first-order valence-electron chi connectivity index (χ1n) is 8.16. The van der Waals surface area contributed by atoms with Gasteiger partial charge in [0.25, 0.3) is 0 Å². The van der Waals surface area contributed by atoms with Gasteiger partial charge in [-0.25, -0.2) is 9.98 Å². The van der Waals surface area contributed by atoms with E-state index in [0.717, 1.165) is 12.1 Å². The fourth-order valence-electron chi connectivity index (χ4n) is 2.82. The molecule has 0 N–H and O–H groups in total. The van der Waals surface area contributed by atoms with Crippen LogP contribution in [0.4, 0.5) is 13.2 Å². The van der Waals surface area contributed by atoms with E-state index in [1.165, 1.54) is 33.5 Å². The van der Waals surface area contributed by atoms with Crippen molar-refractivity contribution in [3.63, 3.8) is 0 Å². The first-order valence-corrected chi connectivity index (χ1v) is 8.16. The summed E-state index contributed by atoms with van der Waals surface area (Å²) in [6.07, 6.45) is -5.05. The highest BCUT2D eigenvalue weighted by atomic mass is 19.4. The molecule has 144 valence electrons. The maximum atomic E-state index is 12.8. The Kier molecular flexibility index (Phi) is 6.28. The molecule has 1 heterocycles. The van der Waals surface area contributed by atoms with Crippen LogP contribution in [0.1, 0.15) is 31.1 Å². The predicted molar refractivity (Wildman–Crippen MR) is 92.5 cm³/mol. The van der Waals surface area contributed by atoms with Crippen LogP contribution in [0.15, 0.2) is 34.3 Å². The molecular weight excluding hydrogens is 349 g/mol. The molecule has 0 spiro atoms. The third-order valence-electron chi connectivity index (χ3n) is 4.20. The van der Waals surface area contributed by atoms with Crippen LogP contribution in [-0.4, -0.2) is 45.2 Å². The maximum Gasteiger partial charge on any atom is 0.416 e. The van der Waals surface area contributed by atoms with Crippen LogP contribution < -0.4 is 0 Å². The number of benzene rings is 1. The third-order valence-corrected chi connectivity index (χ3v) is 4.20. The van der Waals surface area contributed by atoms with Gasteiger partial charge >= 0.3 is 6.18 Å². The lowest BCUT2D eigenvalue weighted by atomic mass is 9.97. The largest absolute Gasteiger partial charge is 0.483 e. The van der Waals surface area contributed by atoms with Gasteiger partial charge in [-0.15, -0.1) is 0 Å². The average molecular weight is 372 g/mol. The molecule has 26 heavy (non-hydrogen) atoms. The minimum atomic E-state index is -4.39. The zero-order valence-electron chi connectivity index (χ0n) is 15.4. The molecule has 0 aromatic heterocycles. The number of nitrogens with zero attached hydrogens (tertiary/aromatic N) is 2. The summed E-state index contributed by atoms with van der Waals surface area (Å²) in [4.78, 5) is 9.13. The van der Waals surface area contributed by atoms with Gasteiger partial charge in [-0.2, -0.15) is 13.2 Å². The van der Waals surface area contributed by atoms with Crippen LogP contribution >= 0.6 is 0 Å². The fraction of sp³-hybridized carbons (Fsp3) is 0.556. The molecule has 0 saturated carbocycles. The van der Waals surface area contributed by atoms with Crippen LogP contribution in [0, 0.1) is 5.92 Å². The van der Waals surface area contributed by atoms with Crippen molar-refractivity contribution in [2.75, 3.05) is 21.3 Å². The van der Waals surface area contributed by atoms with Crippen molar-refractivity contribution < 1.29 is 27.4 Å². The Bertz CT molecular complexity index is 669. The number of ether oxygens (including phenoxy) is 3. The van der Waals surface area contributed by atoms with Gasteiger partial charge in [0.05, 0.1) is 19.8 Å². The van der Waals surface area contributed by atoms with Gasteiger partial charge in [0.2, 0.25) is 11.8 Å². The van der Waals surface area contributed by atoms with Crippen molar-refractivity contribution in [2.24, 2.45) is 15.9 Å². The Morgan fingerprint density at radius 2 is 1.38 bits per heavy atom. The first-order chi connectivity index (χ1) is 12.2. The molecule has 0 amide bonds. The van der Waals surface area contributed by atoms with Crippen LogP contribution in [0.25, 0.3) is 0 Å². The number of hydrogen-bond acceptors (Lipinski definition) is 5. The Hall–Kier alpha value is -2.09. The van der Waals surface area contributed by atoms with E-state index in [4.69, 9.17) is 14.2 Å². The molecule has 1 aliphatic rings. The lowest BCUT2D eigenvalue weighted by molar-refractivity contribution is -0.137. The Balaban J connectivity index is 2.39. The first kappa shape index (κ1) is 20.2. The molecule has 3 atom stereocenters. The Morgan fingerprint density at radius 3 is 1.81 bits per heavy atom. The molecule has 5 nitrogen and oxygen atoms in total.